The molecule has 0 bridgehead atoms. The molecule has 40 heavy (non-hydrogen) atoms. The van der Waals surface area contributed by atoms with Gasteiger partial charge in [-0.1, -0.05) is 36.4 Å². The molecule has 5 rings (SSSR count). The molecule has 5 aromatic rings. The van der Waals surface area contributed by atoms with Crippen molar-refractivity contribution in [1.82, 2.24) is 4.98 Å². The van der Waals surface area contributed by atoms with Gasteiger partial charge in [0.2, 0.25) is 0 Å². The maximum absolute atomic E-state index is 12.8. The maximum atomic E-state index is 12.8. The number of nitrogens with zero attached hydrogens (tertiary/aromatic N) is 2. The molecule has 0 radical (unpaired) electrons. The number of hydrogen-bond acceptors (Lipinski definition) is 5. The van der Waals surface area contributed by atoms with E-state index >= 15 is 0 Å². The lowest BCUT2D eigenvalue weighted by Gasteiger charge is -2.22. The van der Waals surface area contributed by atoms with Crippen LogP contribution in [0.1, 0.15) is 11.1 Å². The first-order valence-corrected chi connectivity index (χ1v) is 14.1. The summed E-state index contributed by atoms with van der Waals surface area (Å²) in [6.07, 6.45) is -0.571. The van der Waals surface area contributed by atoms with Crippen molar-refractivity contribution >= 4 is 73.9 Å². The van der Waals surface area contributed by atoms with Gasteiger partial charge in [0.05, 0.1) is 16.7 Å². The molecule has 2 N–H and O–H groups in total. The zero-order chi connectivity index (χ0) is 28.1. The van der Waals surface area contributed by atoms with E-state index in [0.717, 1.165) is 50.0 Å². The average molecular weight is 574 g/mol. The largest absolute Gasteiger partial charge is 0.417 e. The van der Waals surface area contributed by atoms with Crippen LogP contribution in [0.5, 0.6) is 5.75 Å². The molecule has 0 fully saturated rings. The molecule has 0 saturated heterocycles. The average Bonchev–Trinajstić information content (AvgIpc) is 2.93. The summed E-state index contributed by atoms with van der Waals surface area (Å²) in [6.45, 7) is 5.42. The van der Waals surface area contributed by atoms with Crippen LogP contribution >= 0.6 is 23.2 Å². The number of ether oxygens (including phenoxy) is 1. The number of alkyl halides is 2. The van der Waals surface area contributed by atoms with Gasteiger partial charge in [0, 0.05) is 52.7 Å². The fraction of sp³-hybridized carbons (Fsp3) is 0.188. The number of pyridine rings is 1. The van der Waals surface area contributed by atoms with Crippen LogP contribution in [0.15, 0.2) is 84.9 Å². The molecule has 0 aliphatic carbocycles. The van der Waals surface area contributed by atoms with Crippen molar-refractivity contribution in [2.75, 3.05) is 40.4 Å². The Kier molecular flexibility index (Phi) is 8.58. The van der Waals surface area contributed by atoms with Gasteiger partial charge < -0.3 is 15.0 Å². The van der Waals surface area contributed by atoms with E-state index in [1.807, 2.05) is 61.5 Å². The fourth-order valence-electron chi connectivity index (χ4n) is 4.81. The van der Waals surface area contributed by atoms with Crippen LogP contribution in [0.3, 0.4) is 0 Å². The van der Waals surface area contributed by atoms with Gasteiger partial charge in [-0.25, -0.2) is 9.78 Å². The number of hydrogen-bond donors (Lipinski definition) is 2. The van der Waals surface area contributed by atoms with Crippen molar-refractivity contribution in [2.45, 2.75) is 13.8 Å². The highest BCUT2D eigenvalue weighted by molar-refractivity contribution is 6.18. The first-order chi connectivity index (χ1) is 19.4. The summed E-state index contributed by atoms with van der Waals surface area (Å²) in [5.74, 6) is 1.44. The summed E-state index contributed by atoms with van der Waals surface area (Å²) >= 11 is 11.8. The number of nitrogens with one attached hydrogen (secondary N) is 2. The number of carbonyl (C=O) groups excluding carboxylic acids is 1. The van der Waals surface area contributed by atoms with Crippen molar-refractivity contribution in [2.24, 2.45) is 0 Å². The lowest BCUT2D eigenvalue weighted by Crippen LogP contribution is -2.27. The number of benzene rings is 4. The number of para-hydroxylation sites is 2. The smallest absolute Gasteiger partial charge is 0.410 e. The van der Waals surface area contributed by atoms with E-state index in [0.29, 0.717) is 36.3 Å². The Labute approximate surface area is 243 Å². The molecule has 0 aliphatic rings. The number of aryl methyl sites for hydroxylation is 2. The van der Waals surface area contributed by atoms with Gasteiger partial charge in [-0.2, -0.15) is 0 Å². The van der Waals surface area contributed by atoms with Crippen LogP contribution in [0.25, 0.3) is 21.8 Å². The van der Waals surface area contributed by atoms with Crippen molar-refractivity contribution < 1.29 is 9.53 Å². The van der Waals surface area contributed by atoms with Crippen LogP contribution in [0.2, 0.25) is 0 Å². The first-order valence-electron chi connectivity index (χ1n) is 13.1. The lowest BCUT2D eigenvalue weighted by molar-refractivity contribution is 0.215. The molecule has 0 unspecified atom stereocenters. The Bertz CT molecular complexity index is 1650. The zero-order valence-electron chi connectivity index (χ0n) is 22.4. The second-order valence-corrected chi connectivity index (χ2v) is 10.3. The van der Waals surface area contributed by atoms with Gasteiger partial charge in [0.25, 0.3) is 0 Å². The molecular weight excluding hydrogens is 543 g/mol. The van der Waals surface area contributed by atoms with Crippen molar-refractivity contribution in [3.63, 3.8) is 0 Å². The number of fused-ring (bicyclic) bond motifs is 2. The predicted octanol–water partition coefficient (Wildman–Crippen LogP) is 8.64. The number of anilines is 4. The van der Waals surface area contributed by atoms with Crippen LogP contribution in [0.4, 0.5) is 27.5 Å². The minimum absolute atomic E-state index is 0.439. The first kappa shape index (κ1) is 27.6. The van der Waals surface area contributed by atoms with Gasteiger partial charge in [0.15, 0.2) is 0 Å². The Hall–Kier alpha value is -4.00. The van der Waals surface area contributed by atoms with E-state index in [9.17, 15) is 4.79 Å². The molecule has 1 amide bonds. The fourth-order valence-corrected chi connectivity index (χ4v) is 5.22. The zero-order valence-corrected chi connectivity index (χ0v) is 23.9. The molecule has 4 aromatic carbocycles. The van der Waals surface area contributed by atoms with Crippen molar-refractivity contribution in [3.8, 4) is 5.75 Å². The van der Waals surface area contributed by atoms with E-state index in [-0.39, 0.29) is 0 Å². The Morgan fingerprint density at radius 2 is 1.55 bits per heavy atom. The molecule has 0 spiro atoms. The van der Waals surface area contributed by atoms with Gasteiger partial charge in [-0.05, 0) is 73.5 Å². The van der Waals surface area contributed by atoms with Gasteiger partial charge in [-0.15, -0.1) is 23.2 Å². The summed E-state index contributed by atoms with van der Waals surface area (Å²) in [7, 11) is 0. The Morgan fingerprint density at radius 1 is 0.850 bits per heavy atom. The van der Waals surface area contributed by atoms with E-state index in [2.05, 4.69) is 40.7 Å². The summed E-state index contributed by atoms with van der Waals surface area (Å²) in [5.41, 5.74) is 7.38. The number of amides is 1. The quantitative estimate of drug-likeness (QED) is 0.137. The van der Waals surface area contributed by atoms with Crippen LogP contribution in [-0.2, 0) is 0 Å². The standard InChI is InChI=1S/C32H30Cl2N4O2/c1-21-18-23(35-31-27-7-3-4-9-29(27)37-30-22(2)6-5-8-28(30)31)20-24(19-21)36-32(39)40-26-12-10-25(11-13-26)38(16-14-33)17-15-34/h3-13,18-20H,14-17H2,1-2H3,(H,35,37)(H,36,39). The minimum Gasteiger partial charge on any atom is -0.410 e. The maximum Gasteiger partial charge on any atom is 0.417 e. The van der Waals surface area contributed by atoms with Crippen LogP contribution < -0.4 is 20.3 Å². The van der Waals surface area contributed by atoms with Gasteiger partial charge in [0.1, 0.15) is 5.75 Å². The minimum atomic E-state index is -0.571. The molecular formula is C32H30Cl2N4O2. The number of rotatable bonds is 9. The second-order valence-electron chi connectivity index (χ2n) is 9.56. The molecule has 0 aliphatic heterocycles. The van der Waals surface area contributed by atoms with E-state index in [1.165, 1.54) is 0 Å². The molecule has 8 heteroatoms. The third-order valence-corrected chi connectivity index (χ3v) is 6.97. The highest BCUT2D eigenvalue weighted by Gasteiger charge is 2.13. The van der Waals surface area contributed by atoms with E-state index in [4.69, 9.17) is 32.9 Å². The van der Waals surface area contributed by atoms with Crippen LogP contribution in [0, 0.1) is 13.8 Å². The monoisotopic (exact) mass is 572 g/mol. The lowest BCUT2D eigenvalue weighted by atomic mass is 10.0. The van der Waals surface area contributed by atoms with E-state index in [1.54, 1.807) is 12.1 Å². The summed E-state index contributed by atoms with van der Waals surface area (Å²) < 4.78 is 5.55. The van der Waals surface area contributed by atoms with Crippen LogP contribution in [-0.4, -0.2) is 35.9 Å². The van der Waals surface area contributed by atoms with Crippen molar-refractivity contribution in [3.05, 3.63) is 96.1 Å². The Balaban J connectivity index is 1.36. The topological polar surface area (TPSA) is 66.5 Å². The summed E-state index contributed by atoms with van der Waals surface area (Å²) in [4.78, 5) is 19.8. The Morgan fingerprint density at radius 3 is 2.30 bits per heavy atom. The molecule has 1 aromatic heterocycles. The molecule has 204 valence electrons. The summed E-state index contributed by atoms with van der Waals surface area (Å²) in [6, 6.07) is 27.4. The highest BCUT2D eigenvalue weighted by atomic mass is 35.5. The molecule has 0 atom stereocenters. The number of carbonyl (C=O) groups is 1. The van der Waals surface area contributed by atoms with Gasteiger partial charge in [-0.3, -0.25) is 5.32 Å². The molecule has 6 nitrogen and oxygen atoms in total. The SMILES string of the molecule is Cc1cc(NC(=O)Oc2ccc(N(CCCl)CCCl)cc2)cc(Nc2c3ccccc3nc3c(C)cccc23)c1. The third kappa shape index (κ3) is 6.24. The summed E-state index contributed by atoms with van der Waals surface area (Å²) in [5, 5.41) is 8.52. The molecule has 0 saturated carbocycles. The van der Waals surface area contributed by atoms with E-state index < -0.39 is 6.09 Å². The number of aromatic nitrogens is 1. The normalized spacial score (nSPS) is 11.0. The third-order valence-electron chi connectivity index (χ3n) is 6.63. The highest BCUT2D eigenvalue weighted by Crippen LogP contribution is 2.35. The van der Waals surface area contributed by atoms with Crippen molar-refractivity contribution in [1.29, 1.82) is 0 Å². The molecule has 1 heterocycles. The van der Waals surface area contributed by atoms with Gasteiger partial charge >= 0.3 is 6.09 Å². The number of halogens is 2. The predicted molar refractivity (Wildman–Crippen MR) is 168 cm³/mol. The second kappa shape index (κ2) is 12.5.